The molecular weight excluding hydrogens is 451 g/mol. The summed E-state index contributed by atoms with van der Waals surface area (Å²) >= 11 is 12.0. The van der Waals surface area contributed by atoms with Crippen molar-refractivity contribution in [1.82, 2.24) is 5.43 Å². The van der Waals surface area contributed by atoms with Crippen molar-refractivity contribution in [2.75, 3.05) is 0 Å². The van der Waals surface area contributed by atoms with Gasteiger partial charge < -0.3 is 9.15 Å². The number of carbonyl (C=O) groups excluding carboxylic acids is 2. The number of hydrazone groups is 1. The highest BCUT2D eigenvalue weighted by Gasteiger charge is 2.29. The lowest BCUT2D eigenvalue weighted by Crippen LogP contribution is -2.22. The molecule has 4 rings (SSSR count). The maximum absolute atomic E-state index is 12.7. The Balaban J connectivity index is 1.56. The molecule has 1 aliphatic carbocycles. The Labute approximate surface area is 195 Å². The number of hydrogen-bond acceptors (Lipinski definition) is 5. The van der Waals surface area contributed by atoms with Crippen LogP contribution in [0.2, 0.25) is 10.0 Å². The number of fused-ring (bicyclic) bond motifs is 1. The van der Waals surface area contributed by atoms with Crippen LogP contribution in [0.3, 0.4) is 0 Å². The van der Waals surface area contributed by atoms with Crippen LogP contribution in [0.4, 0.5) is 0 Å². The van der Waals surface area contributed by atoms with Crippen LogP contribution in [0.15, 0.2) is 52.0 Å². The van der Waals surface area contributed by atoms with Crippen molar-refractivity contribution in [2.45, 2.75) is 33.1 Å². The molecule has 0 aliphatic heterocycles. The molecule has 1 amide bonds. The van der Waals surface area contributed by atoms with E-state index >= 15 is 0 Å². The zero-order chi connectivity index (χ0) is 22.8. The normalized spacial score (nSPS) is 14.2. The van der Waals surface area contributed by atoms with Crippen LogP contribution >= 0.6 is 23.2 Å². The lowest BCUT2D eigenvalue weighted by molar-refractivity contribution is 0.0698. The smallest absolute Gasteiger partial charge is 0.379 e. The summed E-state index contributed by atoms with van der Waals surface area (Å²) in [5.41, 5.74) is 5.88. The second-order valence-electron chi connectivity index (χ2n) is 7.53. The van der Waals surface area contributed by atoms with E-state index in [0.717, 1.165) is 17.5 Å². The maximum atomic E-state index is 12.7. The molecule has 6 nitrogen and oxygen atoms in total. The number of nitrogens with zero attached hydrogens (tertiary/aromatic N) is 1. The molecule has 164 valence electrons. The van der Waals surface area contributed by atoms with Crippen molar-refractivity contribution < 1.29 is 18.7 Å². The first kappa shape index (κ1) is 22.1. The number of ether oxygens (including phenoxy) is 1. The van der Waals surface area contributed by atoms with E-state index in [2.05, 4.69) is 10.5 Å². The van der Waals surface area contributed by atoms with E-state index in [0.29, 0.717) is 40.6 Å². The minimum Gasteiger partial charge on any atom is -0.453 e. The van der Waals surface area contributed by atoms with Gasteiger partial charge in [0.25, 0.3) is 5.91 Å². The third-order valence-corrected chi connectivity index (χ3v) is 5.76. The number of benzene rings is 2. The Bertz CT molecular complexity index is 1230. The van der Waals surface area contributed by atoms with E-state index in [4.69, 9.17) is 32.4 Å². The summed E-state index contributed by atoms with van der Waals surface area (Å²) in [7, 11) is 0. The number of rotatable bonds is 4. The third kappa shape index (κ3) is 4.56. The summed E-state index contributed by atoms with van der Waals surface area (Å²) in [4.78, 5) is 25.2. The molecule has 0 saturated heterocycles. The van der Waals surface area contributed by atoms with Gasteiger partial charge in [0.2, 0.25) is 5.76 Å². The number of nitrogens with one attached hydrogen (secondary N) is 1. The molecule has 0 bridgehead atoms. The zero-order valence-electron chi connectivity index (χ0n) is 17.5. The van der Waals surface area contributed by atoms with E-state index in [9.17, 15) is 9.59 Å². The Morgan fingerprint density at radius 2 is 1.81 bits per heavy atom. The Morgan fingerprint density at radius 1 is 1.06 bits per heavy atom. The number of esters is 1. The SMILES string of the molecule is Cc1ccc(OC(=O)c2oc3c(c2C)/C(=N/NC(=O)c2ccc(Cl)cc2Cl)CCC3)cc1. The first-order valence-corrected chi connectivity index (χ1v) is 10.8. The highest BCUT2D eigenvalue weighted by Crippen LogP contribution is 2.31. The minimum atomic E-state index is -0.572. The van der Waals surface area contributed by atoms with E-state index in [-0.39, 0.29) is 16.3 Å². The molecule has 1 N–H and O–H groups in total. The van der Waals surface area contributed by atoms with Crippen molar-refractivity contribution in [3.8, 4) is 5.75 Å². The molecule has 2 aromatic carbocycles. The van der Waals surface area contributed by atoms with Crippen LogP contribution in [-0.2, 0) is 6.42 Å². The fraction of sp³-hybridized carbons (Fsp3) is 0.208. The summed E-state index contributed by atoms with van der Waals surface area (Å²) in [5.74, 6) is 0.207. The number of carbonyl (C=O) groups is 2. The molecule has 0 spiro atoms. The van der Waals surface area contributed by atoms with E-state index in [1.165, 1.54) is 12.1 Å². The monoisotopic (exact) mass is 470 g/mol. The quantitative estimate of drug-likeness (QED) is 0.292. The van der Waals surface area contributed by atoms with Gasteiger partial charge in [-0.3, -0.25) is 4.79 Å². The predicted octanol–water partition coefficient (Wildman–Crippen LogP) is 5.89. The molecule has 0 fully saturated rings. The predicted molar refractivity (Wildman–Crippen MR) is 123 cm³/mol. The molecule has 3 aromatic rings. The average molecular weight is 471 g/mol. The minimum absolute atomic E-state index is 0.136. The molecule has 1 heterocycles. The third-order valence-electron chi connectivity index (χ3n) is 5.21. The molecule has 0 atom stereocenters. The molecule has 0 saturated carbocycles. The van der Waals surface area contributed by atoms with Gasteiger partial charge >= 0.3 is 5.97 Å². The number of amides is 1. The lowest BCUT2D eigenvalue weighted by Gasteiger charge is -2.13. The topological polar surface area (TPSA) is 80.9 Å². The van der Waals surface area contributed by atoms with Crippen molar-refractivity contribution in [2.24, 2.45) is 5.10 Å². The van der Waals surface area contributed by atoms with Gasteiger partial charge in [0.15, 0.2) is 0 Å². The number of halogens is 2. The first-order chi connectivity index (χ1) is 15.3. The molecule has 8 heteroatoms. The van der Waals surface area contributed by atoms with Crippen LogP contribution in [0, 0.1) is 13.8 Å². The largest absolute Gasteiger partial charge is 0.453 e. The Kier molecular flexibility index (Phi) is 6.35. The van der Waals surface area contributed by atoms with Gasteiger partial charge in [0.1, 0.15) is 11.5 Å². The van der Waals surface area contributed by atoms with Gasteiger partial charge in [0, 0.05) is 22.6 Å². The molecular formula is C24H20Cl2N2O4. The van der Waals surface area contributed by atoms with Crippen molar-refractivity contribution >= 4 is 40.8 Å². The zero-order valence-corrected chi connectivity index (χ0v) is 19.0. The Morgan fingerprint density at radius 3 is 2.53 bits per heavy atom. The summed E-state index contributed by atoms with van der Waals surface area (Å²) in [6.45, 7) is 3.74. The van der Waals surface area contributed by atoms with Crippen LogP contribution in [-0.4, -0.2) is 17.6 Å². The van der Waals surface area contributed by atoms with E-state index in [1.807, 2.05) is 19.1 Å². The van der Waals surface area contributed by atoms with Crippen LogP contribution in [0.5, 0.6) is 5.75 Å². The van der Waals surface area contributed by atoms with Crippen molar-refractivity contribution in [3.63, 3.8) is 0 Å². The van der Waals surface area contributed by atoms with Crippen LogP contribution < -0.4 is 10.2 Å². The molecule has 0 radical (unpaired) electrons. The fourth-order valence-electron chi connectivity index (χ4n) is 3.59. The number of furan rings is 1. The van der Waals surface area contributed by atoms with E-state index < -0.39 is 11.9 Å². The maximum Gasteiger partial charge on any atom is 0.379 e. The molecule has 32 heavy (non-hydrogen) atoms. The number of hydrogen-bond donors (Lipinski definition) is 1. The average Bonchev–Trinajstić information content (AvgIpc) is 3.11. The molecule has 0 unspecified atom stereocenters. The van der Waals surface area contributed by atoms with Crippen LogP contribution in [0.25, 0.3) is 0 Å². The van der Waals surface area contributed by atoms with Crippen LogP contribution in [0.1, 0.15) is 56.2 Å². The van der Waals surface area contributed by atoms with E-state index in [1.54, 1.807) is 25.1 Å². The fourth-order valence-corrected chi connectivity index (χ4v) is 4.08. The van der Waals surface area contributed by atoms with Gasteiger partial charge in [-0.05, 0) is 57.0 Å². The highest BCUT2D eigenvalue weighted by atomic mass is 35.5. The summed E-state index contributed by atoms with van der Waals surface area (Å²) in [5, 5.41) is 4.98. The van der Waals surface area contributed by atoms with Crippen molar-refractivity contribution in [3.05, 3.63) is 86.3 Å². The van der Waals surface area contributed by atoms with Crippen molar-refractivity contribution in [1.29, 1.82) is 0 Å². The Hall–Kier alpha value is -3.09. The molecule has 1 aromatic heterocycles. The van der Waals surface area contributed by atoms with Gasteiger partial charge in [-0.2, -0.15) is 5.10 Å². The van der Waals surface area contributed by atoms with Gasteiger partial charge in [-0.15, -0.1) is 0 Å². The second kappa shape index (κ2) is 9.18. The highest BCUT2D eigenvalue weighted by molar-refractivity contribution is 6.36. The van der Waals surface area contributed by atoms with Gasteiger partial charge in [0.05, 0.1) is 16.3 Å². The molecule has 1 aliphatic rings. The lowest BCUT2D eigenvalue weighted by atomic mass is 9.93. The van der Waals surface area contributed by atoms with Gasteiger partial charge in [-0.1, -0.05) is 40.9 Å². The second-order valence-corrected chi connectivity index (χ2v) is 8.38. The standard InChI is InChI=1S/C24H20Cl2N2O4/c1-13-6-9-16(10-7-13)31-24(30)22-14(2)21-19(4-3-5-20(21)32-22)27-28-23(29)17-11-8-15(25)12-18(17)26/h6-12H,3-5H2,1-2H3,(H,28,29)/b27-19+. The first-order valence-electron chi connectivity index (χ1n) is 10.1. The van der Waals surface area contributed by atoms with Gasteiger partial charge in [-0.25, -0.2) is 10.2 Å². The summed E-state index contributed by atoms with van der Waals surface area (Å²) in [6, 6.07) is 11.8. The summed E-state index contributed by atoms with van der Waals surface area (Å²) < 4.78 is 11.3. The number of aryl methyl sites for hydroxylation is 2. The summed E-state index contributed by atoms with van der Waals surface area (Å²) in [6.07, 6.45) is 2.08.